The molecule has 1 aliphatic heterocycles. The number of carbonyl (C=O) groups excluding carboxylic acids is 1. The van der Waals surface area contributed by atoms with Crippen molar-refractivity contribution >= 4 is 17.3 Å². The third-order valence-electron chi connectivity index (χ3n) is 2.25. The Morgan fingerprint density at radius 1 is 1.47 bits per heavy atom. The molecule has 0 unspecified atom stereocenters. The van der Waals surface area contributed by atoms with Crippen LogP contribution in [0.3, 0.4) is 0 Å². The smallest absolute Gasteiger partial charge is 0.228 e. The molecule has 4 heteroatoms. The molecule has 1 heterocycles. The number of benzene rings is 1. The fourth-order valence-corrected chi connectivity index (χ4v) is 1.64. The number of nitrogens with two attached hydrogens (primary N) is 1. The highest BCUT2D eigenvalue weighted by atomic mass is 16.5. The minimum atomic E-state index is -0.497. The lowest BCUT2D eigenvalue weighted by atomic mass is 10.1. The Labute approximate surface area is 88.4 Å². The summed E-state index contributed by atoms with van der Waals surface area (Å²) in [5, 5.41) is 2.79. The summed E-state index contributed by atoms with van der Waals surface area (Å²) in [6, 6.07) is 5.22. The molecular weight excluding hydrogens is 192 g/mol. The Bertz CT molecular complexity index is 413. The number of carbonyl (C=O) groups is 1. The fourth-order valence-electron chi connectivity index (χ4n) is 1.64. The second-order valence-electron chi connectivity index (χ2n) is 4.34. The number of nitrogens with one attached hydrogen (secondary N) is 1. The van der Waals surface area contributed by atoms with Gasteiger partial charge in [0.25, 0.3) is 0 Å². The number of rotatable bonds is 0. The number of hydrogen-bond donors (Lipinski definition) is 2. The summed E-state index contributed by atoms with van der Waals surface area (Å²) < 4.78 is 5.73. The van der Waals surface area contributed by atoms with Gasteiger partial charge in [-0.3, -0.25) is 4.79 Å². The van der Waals surface area contributed by atoms with Gasteiger partial charge in [-0.05, 0) is 26.0 Å². The monoisotopic (exact) mass is 206 g/mol. The predicted molar refractivity (Wildman–Crippen MR) is 58.8 cm³/mol. The Morgan fingerprint density at radius 2 is 2.20 bits per heavy atom. The van der Waals surface area contributed by atoms with Gasteiger partial charge >= 0.3 is 0 Å². The van der Waals surface area contributed by atoms with E-state index in [1.165, 1.54) is 0 Å². The number of fused-ring (bicyclic) bond motifs is 1. The maximum atomic E-state index is 11.5. The third kappa shape index (κ3) is 2.03. The molecule has 1 aromatic carbocycles. The minimum absolute atomic E-state index is 0.0384. The minimum Gasteiger partial charge on any atom is -0.485 e. The number of ether oxygens (including phenoxy) is 1. The van der Waals surface area contributed by atoms with Crippen LogP contribution in [0.15, 0.2) is 18.2 Å². The summed E-state index contributed by atoms with van der Waals surface area (Å²) in [7, 11) is 0. The molecule has 0 saturated heterocycles. The van der Waals surface area contributed by atoms with Crippen LogP contribution in [0.1, 0.15) is 20.3 Å². The van der Waals surface area contributed by atoms with Gasteiger partial charge in [0, 0.05) is 11.8 Å². The largest absolute Gasteiger partial charge is 0.485 e. The Kier molecular flexibility index (Phi) is 2.07. The molecule has 0 aliphatic carbocycles. The maximum Gasteiger partial charge on any atom is 0.228 e. The van der Waals surface area contributed by atoms with E-state index < -0.39 is 5.60 Å². The van der Waals surface area contributed by atoms with E-state index in [1.54, 1.807) is 18.2 Å². The summed E-state index contributed by atoms with van der Waals surface area (Å²) in [4.78, 5) is 11.5. The molecule has 80 valence electrons. The molecule has 1 aromatic rings. The van der Waals surface area contributed by atoms with Gasteiger partial charge in [0.15, 0.2) is 0 Å². The second-order valence-corrected chi connectivity index (χ2v) is 4.34. The Hall–Kier alpha value is -1.71. The van der Waals surface area contributed by atoms with Gasteiger partial charge in [-0.25, -0.2) is 0 Å². The van der Waals surface area contributed by atoms with E-state index >= 15 is 0 Å². The first kappa shape index (κ1) is 9.83. The lowest BCUT2D eigenvalue weighted by Crippen LogP contribution is -2.30. The zero-order valence-corrected chi connectivity index (χ0v) is 8.83. The van der Waals surface area contributed by atoms with Crippen LogP contribution in [-0.2, 0) is 4.79 Å². The van der Waals surface area contributed by atoms with E-state index in [0.29, 0.717) is 23.5 Å². The molecule has 0 saturated carbocycles. The zero-order valence-electron chi connectivity index (χ0n) is 8.83. The molecule has 2 rings (SSSR count). The van der Waals surface area contributed by atoms with Crippen molar-refractivity contribution in [2.24, 2.45) is 0 Å². The highest BCUT2D eigenvalue weighted by Crippen LogP contribution is 2.34. The van der Waals surface area contributed by atoms with Gasteiger partial charge in [-0.2, -0.15) is 0 Å². The van der Waals surface area contributed by atoms with Crippen LogP contribution in [0.4, 0.5) is 11.4 Å². The molecule has 0 aromatic heterocycles. The molecule has 0 atom stereocenters. The molecule has 0 spiro atoms. The van der Waals surface area contributed by atoms with Crippen LogP contribution in [0, 0.1) is 0 Å². The summed E-state index contributed by atoms with van der Waals surface area (Å²) in [6.45, 7) is 3.76. The van der Waals surface area contributed by atoms with E-state index in [4.69, 9.17) is 10.5 Å². The quantitative estimate of drug-likeness (QED) is 0.636. The van der Waals surface area contributed by atoms with Gasteiger partial charge in [0.2, 0.25) is 5.91 Å². The number of anilines is 2. The average molecular weight is 206 g/mol. The van der Waals surface area contributed by atoms with E-state index in [0.717, 1.165) is 0 Å². The van der Waals surface area contributed by atoms with Gasteiger partial charge in [0.1, 0.15) is 11.4 Å². The van der Waals surface area contributed by atoms with Crippen molar-refractivity contribution in [3.63, 3.8) is 0 Å². The first-order valence-corrected chi connectivity index (χ1v) is 4.85. The molecular formula is C11H14N2O2. The van der Waals surface area contributed by atoms with Gasteiger partial charge in [0.05, 0.1) is 12.1 Å². The number of hydrogen-bond acceptors (Lipinski definition) is 3. The Morgan fingerprint density at radius 3 is 2.93 bits per heavy atom. The number of nitrogen functional groups attached to an aromatic ring is 1. The van der Waals surface area contributed by atoms with Crippen molar-refractivity contribution in [2.45, 2.75) is 25.9 Å². The van der Waals surface area contributed by atoms with Gasteiger partial charge in [-0.1, -0.05) is 0 Å². The Balaban J connectivity index is 2.45. The second kappa shape index (κ2) is 3.15. The van der Waals surface area contributed by atoms with Crippen LogP contribution in [0.25, 0.3) is 0 Å². The van der Waals surface area contributed by atoms with Crippen molar-refractivity contribution < 1.29 is 9.53 Å². The molecule has 1 aliphatic rings. The number of amides is 1. The van der Waals surface area contributed by atoms with Crippen molar-refractivity contribution in [2.75, 3.05) is 11.1 Å². The van der Waals surface area contributed by atoms with Crippen LogP contribution in [0.5, 0.6) is 5.75 Å². The van der Waals surface area contributed by atoms with Crippen molar-refractivity contribution in [1.82, 2.24) is 0 Å². The van der Waals surface area contributed by atoms with E-state index in [1.807, 2.05) is 13.8 Å². The summed E-state index contributed by atoms with van der Waals surface area (Å²) in [5.74, 6) is 0.592. The van der Waals surface area contributed by atoms with Crippen LogP contribution >= 0.6 is 0 Å². The normalized spacial score (nSPS) is 18.4. The summed E-state index contributed by atoms with van der Waals surface area (Å²) >= 11 is 0. The molecule has 4 nitrogen and oxygen atoms in total. The summed E-state index contributed by atoms with van der Waals surface area (Å²) in [6.07, 6.45) is 0.335. The topological polar surface area (TPSA) is 64.4 Å². The van der Waals surface area contributed by atoms with Gasteiger partial charge in [-0.15, -0.1) is 0 Å². The van der Waals surface area contributed by atoms with E-state index in [-0.39, 0.29) is 5.91 Å². The van der Waals surface area contributed by atoms with Crippen molar-refractivity contribution in [3.05, 3.63) is 18.2 Å². The van der Waals surface area contributed by atoms with E-state index in [2.05, 4.69) is 5.32 Å². The standard InChI is InChI=1S/C11H14N2O2/c1-11(2)6-10(14)13-8-4-3-7(12)5-9(8)15-11/h3-5H,6,12H2,1-2H3,(H,13,14). The fraction of sp³-hybridized carbons (Fsp3) is 0.364. The predicted octanol–water partition coefficient (Wildman–Crippen LogP) is 1.77. The first-order valence-electron chi connectivity index (χ1n) is 4.85. The lowest BCUT2D eigenvalue weighted by molar-refractivity contribution is -0.118. The molecule has 0 fully saturated rings. The molecule has 3 N–H and O–H groups in total. The maximum absolute atomic E-state index is 11.5. The van der Waals surface area contributed by atoms with Crippen molar-refractivity contribution in [3.8, 4) is 5.75 Å². The lowest BCUT2D eigenvalue weighted by Gasteiger charge is -2.23. The SMILES string of the molecule is CC1(C)CC(=O)Nc2ccc(N)cc2O1. The molecule has 15 heavy (non-hydrogen) atoms. The van der Waals surface area contributed by atoms with E-state index in [9.17, 15) is 4.79 Å². The highest BCUT2D eigenvalue weighted by Gasteiger charge is 2.28. The van der Waals surface area contributed by atoms with Gasteiger partial charge < -0.3 is 15.8 Å². The summed E-state index contributed by atoms with van der Waals surface area (Å²) in [5.41, 5.74) is 6.47. The zero-order chi connectivity index (χ0) is 11.1. The van der Waals surface area contributed by atoms with Crippen LogP contribution < -0.4 is 15.8 Å². The van der Waals surface area contributed by atoms with Crippen LogP contribution in [-0.4, -0.2) is 11.5 Å². The first-order chi connectivity index (χ1) is 6.96. The highest BCUT2D eigenvalue weighted by molar-refractivity contribution is 5.94. The van der Waals surface area contributed by atoms with Crippen LogP contribution in [0.2, 0.25) is 0 Å². The van der Waals surface area contributed by atoms with Crippen molar-refractivity contribution in [1.29, 1.82) is 0 Å². The third-order valence-corrected chi connectivity index (χ3v) is 2.25. The molecule has 0 bridgehead atoms. The molecule has 0 radical (unpaired) electrons. The molecule has 1 amide bonds. The average Bonchev–Trinajstić information content (AvgIpc) is 2.17.